The Labute approximate surface area is 131 Å². The predicted molar refractivity (Wildman–Crippen MR) is 84.6 cm³/mol. The van der Waals surface area contributed by atoms with Crippen molar-refractivity contribution < 1.29 is 9.47 Å². The molecule has 21 heavy (non-hydrogen) atoms. The maximum Gasteiger partial charge on any atom is 0.0729 e. The molecule has 1 aromatic carbocycles. The number of nitrogens with two attached hydrogens (primary N) is 1. The van der Waals surface area contributed by atoms with E-state index in [0.29, 0.717) is 5.92 Å². The van der Waals surface area contributed by atoms with Crippen molar-refractivity contribution in [2.45, 2.75) is 44.2 Å². The van der Waals surface area contributed by atoms with E-state index in [0.717, 1.165) is 56.1 Å². The zero-order valence-electron chi connectivity index (χ0n) is 12.6. The third-order valence-corrected chi connectivity index (χ3v) is 5.52. The summed E-state index contributed by atoms with van der Waals surface area (Å²) in [5, 5.41) is 0.802. The Kier molecular flexibility index (Phi) is 4.55. The van der Waals surface area contributed by atoms with Gasteiger partial charge < -0.3 is 15.2 Å². The van der Waals surface area contributed by atoms with Crippen LogP contribution in [-0.4, -0.2) is 25.4 Å². The zero-order chi connectivity index (χ0) is 14.9. The third-order valence-electron chi connectivity index (χ3n) is 5.11. The molecule has 0 amide bonds. The number of rotatable bonds is 2. The first kappa shape index (κ1) is 15.3. The fourth-order valence-electron chi connectivity index (χ4n) is 3.70. The van der Waals surface area contributed by atoms with E-state index in [9.17, 15) is 0 Å². The van der Waals surface area contributed by atoms with Gasteiger partial charge in [-0.3, -0.25) is 0 Å². The first-order chi connectivity index (χ1) is 10.1. The Morgan fingerprint density at radius 3 is 2.81 bits per heavy atom. The summed E-state index contributed by atoms with van der Waals surface area (Å²) in [6.07, 6.45) is 4.04. The van der Waals surface area contributed by atoms with E-state index >= 15 is 0 Å². The Morgan fingerprint density at radius 2 is 2.05 bits per heavy atom. The van der Waals surface area contributed by atoms with Crippen LogP contribution in [0.1, 0.15) is 42.9 Å². The number of hydrogen-bond acceptors (Lipinski definition) is 3. The molecular weight excluding hydrogens is 286 g/mol. The van der Waals surface area contributed by atoms with Crippen LogP contribution in [0.4, 0.5) is 0 Å². The van der Waals surface area contributed by atoms with Crippen LogP contribution >= 0.6 is 11.6 Å². The molecule has 2 N–H and O–H groups in total. The smallest absolute Gasteiger partial charge is 0.0729 e. The minimum atomic E-state index is -0.00866. The molecule has 3 nitrogen and oxygen atoms in total. The summed E-state index contributed by atoms with van der Waals surface area (Å²) in [5.41, 5.74) is 8.86. The van der Waals surface area contributed by atoms with Crippen LogP contribution in [0.5, 0.6) is 0 Å². The normalized spacial score (nSPS) is 26.7. The molecule has 0 aromatic heterocycles. The lowest BCUT2D eigenvalue weighted by atomic mass is 9.76. The first-order valence-electron chi connectivity index (χ1n) is 7.84. The van der Waals surface area contributed by atoms with Crippen LogP contribution in [0.15, 0.2) is 18.2 Å². The summed E-state index contributed by atoms with van der Waals surface area (Å²) in [4.78, 5) is 0. The molecule has 2 fully saturated rings. The molecular formula is C17H24ClNO2. The molecule has 2 atom stereocenters. The van der Waals surface area contributed by atoms with Crippen LogP contribution < -0.4 is 5.73 Å². The second kappa shape index (κ2) is 6.25. The highest BCUT2D eigenvalue weighted by Gasteiger charge is 2.41. The summed E-state index contributed by atoms with van der Waals surface area (Å²) in [5.74, 6) is 0.453. The second-order valence-corrected chi connectivity index (χ2v) is 6.78. The van der Waals surface area contributed by atoms with Crippen molar-refractivity contribution in [3.05, 3.63) is 34.3 Å². The van der Waals surface area contributed by atoms with Gasteiger partial charge in [0.2, 0.25) is 0 Å². The molecule has 2 aliphatic heterocycles. The highest BCUT2D eigenvalue weighted by atomic mass is 35.5. The summed E-state index contributed by atoms with van der Waals surface area (Å²) < 4.78 is 11.6. The maximum atomic E-state index is 6.58. The van der Waals surface area contributed by atoms with Crippen molar-refractivity contribution >= 4 is 11.6 Å². The number of hydrogen-bond donors (Lipinski definition) is 1. The molecule has 0 radical (unpaired) electrons. The molecule has 116 valence electrons. The van der Waals surface area contributed by atoms with Crippen LogP contribution in [0.25, 0.3) is 0 Å². The molecule has 1 spiro atoms. The van der Waals surface area contributed by atoms with Gasteiger partial charge in [-0.1, -0.05) is 23.7 Å². The fraction of sp³-hybridized carbons (Fsp3) is 0.647. The third kappa shape index (κ3) is 3.11. The van der Waals surface area contributed by atoms with Crippen molar-refractivity contribution in [2.24, 2.45) is 11.7 Å². The fourth-order valence-corrected chi connectivity index (χ4v) is 3.89. The molecule has 2 saturated heterocycles. The van der Waals surface area contributed by atoms with Gasteiger partial charge in [0.25, 0.3) is 0 Å². The Morgan fingerprint density at radius 1 is 1.29 bits per heavy atom. The maximum absolute atomic E-state index is 6.58. The highest BCUT2D eigenvalue weighted by Crippen LogP contribution is 2.41. The van der Waals surface area contributed by atoms with Gasteiger partial charge >= 0.3 is 0 Å². The Hall–Kier alpha value is -0.610. The molecule has 1 aromatic rings. The van der Waals surface area contributed by atoms with Crippen LogP contribution in [-0.2, 0) is 9.47 Å². The lowest BCUT2D eigenvalue weighted by Crippen LogP contribution is -2.46. The van der Waals surface area contributed by atoms with E-state index in [1.165, 1.54) is 5.56 Å². The molecule has 0 aliphatic carbocycles. The van der Waals surface area contributed by atoms with Crippen molar-refractivity contribution in [1.82, 2.24) is 0 Å². The Balaban J connectivity index is 1.78. The standard InChI is InChI=1S/C17H24ClNO2/c1-12-14(3-2-4-15(12)18)16(19)13-5-8-21-17(11-13)6-9-20-10-7-17/h2-4,13,16H,5-11,19H2,1H3. The van der Waals surface area contributed by atoms with Gasteiger partial charge in [0, 0.05) is 30.9 Å². The second-order valence-electron chi connectivity index (χ2n) is 6.38. The highest BCUT2D eigenvalue weighted by molar-refractivity contribution is 6.31. The molecule has 3 rings (SSSR count). The minimum absolute atomic E-state index is 0.00866. The van der Waals surface area contributed by atoms with Crippen LogP contribution in [0, 0.1) is 12.8 Å². The molecule has 2 unspecified atom stereocenters. The van der Waals surface area contributed by atoms with E-state index in [2.05, 4.69) is 13.0 Å². The number of ether oxygens (including phenoxy) is 2. The Bertz CT molecular complexity index is 494. The summed E-state index contributed by atoms with van der Waals surface area (Å²) in [6.45, 7) is 4.47. The topological polar surface area (TPSA) is 44.5 Å². The van der Waals surface area contributed by atoms with E-state index in [1.54, 1.807) is 0 Å². The lowest BCUT2D eigenvalue weighted by molar-refractivity contribution is -0.149. The summed E-state index contributed by atoms with van der Waals surface area (Å²) in [6, 6.07) is 6.07. The van der Waals surface area contributed by atoms with Crippen LogP contribution in [0.3, 0.4) is 0 Å². The van der Waals surface area contributed by atoms with E-state index < -0.39 is 0 Å². The van der Waals surface area contributed by atoms with Gasteiger partial charge in [-0.2, -0.15) is 0 Å². The zero-order valence-corrected chi connectivity index (χ0v) is 13.4. The average Bonchev–Trinajstić information content (AvgIpc) is 2.50. The van der Waals surface area contributed by atoms with Gasteiger partial charge in [-0.05, 0) is 55.7 Å². The number of benzene rings is 1. The van der Waals surface area contributed by atoms with Crippen molar-refractivity contribution in [3.63, 3.8) is 0 Å². The summed E-state index contributed by atoms with van der Waals surface area (Å²) >= 11 is 6.24. The predicted octanol–water partition coefficient (Wildman–Crippen LogP) is 3.62. The molecule has 2 aliphatic rings. The number of halogens is 1. The van der Waals surface area contributed by atoms with E-state index in [-0.39, 0.29) is 11.6 Å². The van der Waals surface area contributed by atoms with Gasteiger partial charge in [-0.15, -0.1) is 0 Å². The minimum Gasteiger partial charge on any atom is -0.381 e. The molecule has 2 heterocycles. The first-order valence-corrected chi connectivity index (χ1v) is 8.21. The molecule has 4 heteroatoms. The van der Waals surface area contributed by atoms with Gasteiger partial charge in [0.05, 0.1) is 5.60 Å². The summed E-state index contributed by atoms with van der Waals surface area (Å²) in [7, 11) is 0. The molecule has 0 saturated carbocycles. The SMILES string of the molecule is Cc1c(Cl)cccc1C(N)C1CCOC2(CCOCC2)C1. The average molecular weight is 310 g/mol. The van der Waals surface area contributed by atoms with Crippen molar-refractivity contribution in [2.75, 3.05) is 19.8 Å². The van der Waals surface area contributed by atoms with E-state index in [1.807, 2.05) is 12.1 Å². The largest absolute Gasteiger partial charge is 0.381 e. The van der Waals surface area contributed by atoms with Gasteiger partial charge in [0.1, 0.15) is 0 Å². The van der Waals surface area contributed by atoms with Gasteiger partial charge in [0.15, 0.2) is 0 Å². The lowest BCUT2D eigenvalue weighted by Gasteiger charge is -2.45. The monoisotopic (exact) mass is 309 g/mol. The van der Waals surface area contributed by atoms with E-state index in [4.69, 9.17) is 26.8 Å². The molecule has 0 bridgehead atoms. The van der Waals surface area contributed by atoms with Crippen LogP contribution in [0.2, 0.25) is 5.02 Å². The van der Waals surface area contributed by atoms with Crippen molar-refractivity contribution in [1.29, 1.82) is 0 Å². The van der Waals surface area contributed by atoms with Crippen molar-refractivity contribution in [3.8, 4) is 0 Å². The quantitative estimate of drug-likeness (QED) is 0.907. The van der Waals surface area contributed by atoms with Gasteiger partial charge in [-0.25, -0.2) is 0 Å².